The lowest BCUT2D eigenvalue weighted by Gasteiger charge is -2.29. The summed E-state index contributed by atoms with van der Waals surface area (Å²) in [5.74, 6) is 0. The number of carbonyl (C=O) groups excluding carboxylic acids is 1. The van der Waals surface area contributed by atoms with Crippen LogP contribution in [-0.2, 0) is 13.1 Å². The first-order valence-electron chi connectivity index (χ1n) is 7.56. The molecule has 0 saturated heterocycles. The van der Waals surface area contributed by atoms with Gasteiger partial charge in [0.25, 0.3) is 0 Å². The maximum atomic E-state index is 12.1. The Hall–Kier alpha value is -2.18. The zero-order valence-electron chi connectivity index (χ0n) is 12.9. The van der Waals surface area contributed by atoms with E-state index in [1.54, 1.807) is 24.2 Å². The molecule has 3 heterocycles. The van der Waals surface area contributed by atoms with E-state index in [0.29, 0.717) is 29.7 Å². The molecule has 2 aromatic heterocycles. The summed E-state index contributed by atoms with van der Waals surface area (Å²) in [4.78, 5) is 13.8. The Morgan fingerprint density at radius 1 is 1.33 bits per heavy atom. The zero-order valence-corrected chi connectivity index (χ0v) is 14.4. The van der Waals surface area contributed by atoms with Gasteiger partial charge in [-0.2, -0.15) is 5.10 Å². The van der Waals surface area contributed by atoms with E-state index in [-0.39, 0.29) is 6.03 Å². The molecule has 0 fully saturated rings. The van der Waals surface area contributed by atoms with Gasteiger partial charge in [-0.1, -0.05) is 29.3 Å². The van der Waals surface area contributed by atoms with Crippen LogP contribution in [0.3, 0.4) is 0 Å². The molecule has 8 heteroatoms. The zero-order chi connectivity index (χ0) is 16.8. The van der Waals surface area contributed by atoms with E-state index < -0.39 is 0 Å². The van der Waals surface area contributed by atoms with Crippen molar-refractivity contribution in [1.29, 1.82) is 0 Å². The molecule has 1 aromatic carbocycles. The Kier molecular flexibility index (Phi) is 3.66. The number of nitrogens with zero attached hydrogens (tertiary/aromatic N) is 3. The molecule has 0 aliphatic carbocycles. The number of aromatic nitrogens is 3. The van der Waals surface area contributed by atoms with Crippen molar-refractivity contribution in [2.75, 3.05) is 13.6 Å². The number of nitrogens with one attached hydrogen (secondary N) is 2. The molecule has 0 radical (unpaired) electrons. The third kappa shape index (κ3) is 2.17. The number of hydrogen-bond donors (Lipinski definition) is 2. The van der Waals surface area contributed by atoms with Gasteiger partial charge in [-0.15, -0.1) is 0 Å². The van der Waals surface area contributed by atoms with Crippen molar-refractivity contribution in [3.63, 3.8) is 0 Å². The number of rotatable bonds is 1. The van der Waals surface area contributed by atoms with E-state index in [0.717, 1.165) is 27.7 Å². The van der Waals surface area contributed by atoms with Crippen molar-refractivity contribution in [3.05, 3.63) is 40.3 Å². The first kappa shape index (κ1) is 15.4. The molecule has 2 amide bonds. The average molecular weight is 364 g/mol. The topological polar surface area (TPSA) is 66.0 Å². The predicted molar refractivity (Wildman–Crippen MR) is 94.4 cm³/mol. The fourth-order valence-corrected chi connectivity index (χ4v) is 3.78. The third-order valence-corrected chi connectivity index (χ3v) is 5.24. The number of benzene rings is 1. The van der Waals surface area contributed by atoms with Gasteiger partial charge in [-0.25, -0.2) is 4.79 Å². The summed E-state index contributed by atoms with van der Waals surface area (Å²) in [5, 5.41) is 11.7. The highest BCUT2D eigenvalue weighted by Crippen LogP contribution is 2.41. The second kappa shape index (κ2) is 5.72. The monoisotopic (exact) mass is 363 g/mol. The Morgan fingerprint density at radius 3 is 2.88 bits per heavy atom. The Labute approximate surface area is 148 Å². The van der Waals surface area contributed by atoms with Crippen molar-refractivity contribution in [2.45, 2.75) is 13.1 Å². The summed E-state index contributed by atoms with van der Waals surface area (Å²) in [6.45, 7) is 1.78. The maximum Gasteiger partial charge on any atom is 0.317 e. The Morgan fingerprint density at radius 2 is 2.17 bits per heavy atom. The summed E-state index contributed by atoms with van der Waals surface area (Å²) in [6.07, 6.45) is 3.62. The molecule has 0 unspecified atom stereocenters. The number of urea groups is 1. The van der Waals surface area contributed by atoms with Gasteiger partial charge in [0.2, 0.25) is 0 Å². The Balaban J connectivity index is 1.99. The van der Waals surface area contributed by atoms with Crippen LogP contribution in [0, 0.1) is 0 Å². The van der Waals surface area contributed by atoms with Gasteiger partial charge in [0.05, 0.1) is 28.3 Å². The summed E-state index contributed by atoms with van der Waals surface area (Å²) < 4.78 is 2.16. The molecule has 6 nitrogen and oxygen atoms in total. The molecular weight excluding hydrogens is 349 g/mol. The number of halogens is 2. The fourth-order valence-electron chi connectivity index (χ4n) is 3.36. The number of amides is 2. The lowest BCUT2D eigenvalue weighted by atomic mass is 10.0. The van der Waals surface area contributed by atoms with Crippen molar-refractivity contribution in [1.82, 2.24) is 25.0 Å². The van der Waals surface area contributed by atoms with Crippen molar-refractivity contribution in [3.8, 4) is 11.1 Å². The fraction of sp³-hybridized carbons (Fsp3) is 0.250. The number of aromatic amines is 1. The van der Waals surface area contributed by atoms with Crippen LogP contribution in [0.1, 0.15) is 5.69 Å². The van der Waals surface area contributed by atoms with Crippen LogP contribution in [0.2, 0.25) is 10.0 Å². The molecule has 4 rings (SSSR count). The van der Waals surface area contributed by atoms with Crippen LogP contribution in [0.15, 0.2) is 24.5 Å². The van der Waals surface area contributed by atoms with Crippen LogP contribution in [0.4, 0.5) is 4.79 Å². The van der Waals surface area contributed by atoms with Crippen LogP contribution >= 0.6 is 23.2 Å². The minimum Gasteiger partial charge on any atom is -0.341 e. The van der Waals surface area contributed by atoms with E-state index >= 15 is 0 Å². The van der Waals surface area contributed by atoms with Crippen LogP contribution in [-0.4, -0.2) is 39.3 Å². The molecule has 1 aliphatic heterocycles. The second-order valence-electron chi connectivity index (χ2n) is 5.69. The molecule has 0 bridgehead atoms. The van der Waals surface area contributed by atoms with E-state index in [2.05, 4.69) is 20.1 Å². The molecule has 1 aliphatic rings. The molecular formula is C16H15Cl2N5O. The number of H-pyrrole nitrogens is 1. The molecule has 0 atom stereocenters. The highest BCUT2D eigenvalue weighted by Gasteiger charge is 2.28. The van der Waals surface area contributed by atoms with Gasteiger partial charge in [-0.3, -0.25) is 5.10 Å². The highest BCUT2D eigenvalue weighted by molar-refractivity contribution is 6.45. The molecule has 2 N–H and O–H groups in total. The highest BCUT2D eigenvalue weighted by atomic mass is 35.5. The predicted octanol–water partition coefficient (Wildman–Crippen LogP) is 3.49. The molecule has 0 saturated carbocycles. The molecule has 0 spiro atoms. The number of carbonyl (C=O) groups is 1. The second-order valence-corrected chi connectivity index (χ2v) is 6.48. The van der Waals surface area contributed by atoms with Crippen molar-refractivity contribution < 1.29 is 4.79 Å². The van der Waals surface area contributed by atoms with Gasteiger partial charge in [0, 0.05) is 48.5 Å². The summed E-state index contributed by atoms with van der Waals surface area (Å²) in [5.41, 5.74) is 3.94. The molecule has 3 aromatic rings. The Bertz CT molecular complexity index is 932. The van der Waals surface area contributed by atoms with Crippen molar-refractivity contribution in [2.24, 2.45) is 0 Å². The van der Waals surface area contributed by atoms with Gasteiger partial charge >= 0.3 is 6.03 Å². The number of hydrogen-bond acceptors (Lipinski definition) is 2. The van der Waals surface area contributed by atoms with Crippen LogP contribution in [0.5, 0.6) is 0 Å². The summed E-state index contributed by atoms with van der Waals surface area (Å²) in [6, 6.07) is 3.69. The first-order chi connectivity index (χ1) is 11.6. The van der Waals surface area contributed by atoms with Gasteiger partial charge in [-0.05, 0) is 6.07 Å². The standard InChI is InChI=1S/C16H15Cl2N5O/c1-19-16(24)22-4-5-23-12(8-22)13(9-6-20-21-7-9)10-2-3-11(17)14(18)15(10)23/h2-3,6-7H,4-5,8H2,1H3,(H,19,24)(H,20,21). The first-order valence-corrected chi connectivity index (χ1v) is 8.32. The van der Waals surface area contributed by atoms with Crippen LogP contribution in [0.25, 0.3) is 22.0 Å². The van der Waals surface area contributed by atoms with Gasteiger partial charge < -0.3 is 14.8 Å². The van der Waals surface area contributed by atoms with Crippen LogP contribution < -0.4 is 5.32 Å². The lowest BCUT2D eigenvalue weighted by molar-refractivity contribution is 0.186. The van der Waals surface area contributed by atoms with Gasteiger partial charge in [0.1, 0.15) is 0 Å². The molecule has 124 valence electrons. The van der Waals surface area contributed by atoms with Gasteiger partial charge in [0.15, 0.2) is 0 Å². The minimum absolute atomic E-state index is 0.0891. The summed E-state index contributed by atoms with van der Waals surface area (Å²) in [7, 11) is 1.64. The SMILES string of the molecule is CNC(=O)N1CCn2c(c(-c3cn[nH]c3)c3ccc(Cl)c(Cl)c32)C1. The van der Waals surface area contributed by atoms with Crippen molar-refractivity contribution >= 4 is 40.1 Å². The van der Waals surface area contributed by atoms with E-state index in [9.17, 15) is 4.79 Å². The third-order valence-electron chi connectivity index (χ3n) is 4.44. The minimum atomic E-state index is -0.0891. The quantitative estimate of drug-likeness (QED) is 0.694. The normalized spacial score (nSPS) is 14.0. The smallest absolute Gasteiger partial charge is 0.317 e. The maximum absolute atomic E-state index is 12.1. The summed E-state index contributed by atoms with van der Waals surface area (Å²) >= 11 is 12.7. The van der Waals surface area contributed by atoms with E-state index in [1.807, 2.05) is 12.3 Å². The number of fused-ring (bicyclic) bond motifs is 3. The van der Waals surface area contributed by atoms with E-state index in [4.69, 9.17) is 23.2 Å². The lowest BCUT2D eigenvalue weighted by Crippen LogP contribution is -2.42. The largest absolute Gasteiger partial charge is 0.341 e. The molecule has 24 heavy (non-hydrogen) atoms. The van der Waals surface area contributed by atoms with E-state index in [1.165, 1.54) is 0 Å². The average Bonchev–Trinajstić information content (AvgIpc) is 3.22.